The van der Waals surface area contributed by atoms with Crippen LogP contribution in [0.5, 0.6) is 5.75 Å². The molecule has 3 aromatic carbocycles. The lowest BCUT2D eigenvalue weighted by Gasteiger charge is -2.09. The average molecular weight is 440 g/mol. The molecule has 0 radical (unpaired) electrons. The van der Waals surface area contributed by atoms with Crippen molar-refractivity contribution in [1.82, 2.24) is 0 Å². The van der Waals surface area contributed by atoms with Crippen molar-refractivity contribution in [2.45, 2.75) is 26.1 Å². The largest absolute Gasteiger partial charge is 0.573 e. The molecule has 0 aliphatic rings. The van der Waals surface area contributed by atoms with E-state index in [1.807, 2.05) is 24.3 Å². The summed E-state index contributed by atoms with van der Waals surface area (Å²) in [7, 11) is 0. The molecule has 0 N–H and O–H groups in total. The zero-order valence-electron chi connectivity index (χ0n) is 17.0. The molecule has 3 aromatic rings. The van der Waals surface area contributed by atoms with Crippen molar-refractivity contribution >= 4 is 0 Å². The second-order valence-corrected chi connectivity index (χ2v) is 6.83. The number of benzene rings is 3. The molecule has 0 saturated carbocycles. The van der Waals surface area contributed by atoms with E-state index in [4.69, 9.17) is 0 Å². The maximum Gasteiger partial charge on any atom is 0.573 e. The number of hydrogen-bond acceptors (Lipinski definition) is 1. The molecule has 0 atom stereocenters. The van der Waals surface area contributed by atoms with E-state index in [1.54, 1.807) is 6.07 Å². The van der Waals surface area contributed by atoms with Gasteiger partial charge in [0.25, 0.3) is 0 Å². The van der Waals surface area contributed by atoms with Crippen LogP contribution < -0.4 is 4.74 Å². The van der Waals surface area contributed by atoms with Crippen molar-refractivity contribution < 1.29 is 26.7 Å². The molecule has 1 nitrogen and oxygen atoms in total. The Bertz CT molecular complexity index is 1220. The van der Waals surface area contributed by atoms with Crippen LogP contribution in [-0.2, 0) is 6.42 Å². The number of aryl methyl sites for hydroxylation is 1. The molecule has 0 bridgehead atoms. The van der Waals surface area contributed by atoms with Gasteiger partial charge in [0, 0.05) is 16.7 Å². The Hall–Kier alpha value is -3.77. The molecule has 0 aliphatic carbocycles. The number of ether oxygens (including phenoxy) is 1. The molecule has 32 heavy (non-hydrogen) atoms. The second kappa shape index (κ2) is 10.0. The molecule has 0 spiro atoms. The van der Waals surface area contributed by atoms with Gasteiger partial charge in [-0.15, -0.1) is 13.2 Å². The van der Waals surface area contributed by atoms with Crippen LogP contribution in [0.4, 0.5) is 22.0 Å². The predicted octanol–water partition coefficient (Wildman–Crippen LogP) is 6.62. The molecule has 0 aliphatic heterocycles. The van der Waals surface area contributed by atoms with Gasteiger partial charge < -0.3 is 4.74 Å². The zero-order chi connectivity index (χ0) is 23.1. The van der Waals surface area contributed by atoms with Crippen LogP contribution in [-0.4, -0.2) is 6.36 Å². The maximum absolute atomic E-state index is 14.4. The fourth-order valence-corrected chi connectivity index (χ4v) is 2.81. The monoisotopic (exact) mass is 440 g/mol. The summed E-state index contributed by atoms with van der Waals surface area (Å²) in [5.74, 6) is 8.14. The van der Waals surface area contributed by atoms with Crippen molar-refractivity contribution in [3.05, 3.63) is 100 Å². The van der Waals surface area contributed by atoms with Gasteiger partial charge in [-0.3, -0.25) is 0 Å². The minimum Gasteiger partial charge on any atom is -0.403 e. The van der Waals surface area contributed by atoms with Gasteiger partial charge >= 0.3 is 6.36 Å². The highest BCUT2D eigenvalue weighted by molar-refractivity contribution is 5.49. The Morgan fingerprint density at radius 2 is 1.28 bits per heavy atom. The lowest BCUT2D eigenvalue weighted by Crippen LogP contribution is -2.17. The number of alkyl halides is 3. The first kappa shape index (κ1) is 22.9. The molecule has 3 rings (SSSR count). The van der Waals surface area contributed by atoms with Gasteiger partial charge in [0.1, 0.15) is 5.82 Å². The first-order chi connectivity index (χ1) is 15.2. The van der Waals surface area contributed by atoms with Crippen LogP contribution in [0.1, 0.15) is 41.2 Å². The molecule has 0 unspecified atom stereocenters. The summed E-state index contributed by atoms with van der Waals surface area (Å²) >= 11 is 0. The fourth-order valence-electron chi connectivity index (χ4n) is 2.81. The highest BCUT2D eigenvalue weighted by Gasteiger charge is 2.32. The summed E-state index contributed by atoms with van der Waals surface area (Å²) in [6.07, 6.45) is -2.94. The molecule has 0 amide bonds. The van der Waals surface area contributed by atoms with E-state index in [0.717, 1.165) is 36.6 Å². The molecule has 0 aromatic heterocycles. The fraction of sp³-hybridized carbons (Fsp3) is 0.154. The van der Waals surface area contributed by atoms with E-state index in [-0.39, 0.29) is 11.1 Å². The quantitative estimate of drug-likeness (QED) is 0.329. The molecule has 0 saturated heterocycles. The van der Waals surface area contributed by atoms with Crippen LogP contribution in [0.3, 0.4) is 0 Å². The third-order valence-electron chi connectivity index (χ3n) is 4.31. The number of hydrogen-bond donors (Lipinski definition) is 0. The normalized spacial score (nSPS) is 10.6. The van der Waals surface area contributed by atoms with E-state index in [9.17, 15) is 22.0 Å². The lowest BCUT2D eigenvalue weighted by atomic mass is 10.1. The minimum absolute atomic E-state index is 0.0514. The van der Waals surface area contributed by atoms with Gasteiger partial charge in [0.15, 0.2) is 11.6 Å². The smallest absolute Gasteiger partial charge is 0.403 e. The highest BCUT2D eigenvalue weighted by atomic mass is 19.4. The van der Waals surface area contributed by atoms with Crippen LogP contribution in [0.15, 0.2) is 60.7 Å². The number of rotatable bonds is 3. The van der Waals surface area contributed by atoms with Gasteiger partial charge in [0.05, 0.1) is 5.56 Å². The van der Waals surface area contributed by atoms with E-state index in [0.29, 0.717) is 5.56 Å². The average Bonchev–Trinajstić information content (AvgIpc) is 2.74. The van der Waals surface area contributed by atoms with Gasteiger partial charge in [-0.25, -0.2) is 8.78 Å². The predicted molar refractivity (Wildman–Crippen MR) is 112 cm³/mol. The van der Waals surface area contributed by atoms with Crippen molar-refractivity contribution in [2.75, 3.05) is 0 Å². The Morgan fingerprint density at radius 3 is 1.88 bits per heavy atom. The summed E-state index contributed by atoms with van der Waals surface area (Å²) < 4.78 is 68.2. The SMILES string of the molecule is CCCc1ccc(C#Cc2ccc(C#Cc3ccc(OC(F)(F)F)c(F)c3)c(F)c2)cc1. The first-order valence-corrected chi connectivity index (χ1v) is 9.71. The third kappa shape index (κ3) is 6.62. The summed E-state index contributed by atoms with van der Waals surface area (Å²) in [4.78, 5) is 0. The molecule has 0 heterocycles. The summed E-state index contributed by atoms with van der Waals surface area (Å²) in [5.41, 5.74) is 2.64. The topological polar surface area (TPSA) is 9.23 Å². The Labute approximate surface area is 182 Å². The second-order valence-electron chi connectivity index (χ2n) is 6.83. The van der Waals surface area contributed by atoms with Gasteiger partial charge in [-0.05, 0) is 60.5 Å². The molecule has 6 heteroatoms. The summed E-state index contributed by atoms with van der Waals surface area (Å²) in [6.45, 7) is 2.11. The standard InChI is InChI=1S/C26H17F5O/c1-2-3-18-4-6-19(7-5-18)8-9-20-10-13-22(23(27)16-20)14-11-21-12-15-25(24(28)17-21)32-26(29,30)31/h4-7,10,12-13,15-17H,2-3H2,1H3. The van der Waals surface area contributed by atoms with Crippen molar-refractivity contribution in [2.24, 2.45) is 0 Å². The Balaban J connectivity index is 1.73. The van der Waals surface area contributed by atoms with E-state index in [1.165, 1.54) is 17.7 Å². The molecule has 0 fully saturated rings. The van der Waals surface area contributed by atoms with Crippen molar-refractivity contribution in [1.29, 1.82) is 0 Å². The van der Waals surface area contributed by atoms with Crippen LogP contribution >= 0.6 is 0 Å². The Morgan fingerprint density at radius 1 is 0.719 bits per heavy atom. The first-order valence-electron chi connectivity index (χ1n) is 9.71. The summed E-state index contributed by atoms with van der Waals surface area (Å²) in [6, 6.07) is 14.9. The lowest BCUT2D eigenvalue weighted by molar-refractivity contribution is -0.275. The maximum atomic E-state index is 14.4. The van der Waals surface area contributed by atoms with Crippen LogP contribution in [0.2, 0.25) is 0 Å². The Kier molecular flexibility index (Phi) is 7.18. The van der Waals surface area contributed by atoms with E-state index in [2.05, 4.69) is 35.3 Å². The number of halogens is 5. The van der Waals surface area contributed by atoms with Crippen molar-refractivity contribution in [3.63, 3.8) is 0 Å². The summed E-state index contributed by atoms with van der Waals surface area (Å²) in [5, 5.41) is 0. The van der Waals surface area contributed by atoms with Gasteiger partial charge in [-0.1, -0.05) is 49.2 Å². The molecule has 162 valence electrons. The molecular weight excluding hydrogens is 423 g/mol. The molecular formula is C26H17F5O. The van der Waals surface area contributed by atoms with Crippen LogP contribution in [0.25, 0.3) is 0 Å². The highest BCUT2D eigenvalue weighted by Crippen LogP contribution is 2.26. The third-order valence-corrected chi connectivity index (χ3v) is 4.31. The van der Waals surface area contributed by atoms with E-state index >= 15 is 0 Å². The van der Waals surface area contributed by atoms with Gasteiger partial charge in [0.2, 0.25) is 0 Å². The zero-order valence-corrected chi connectivity index (χ0v) is 17.0. The van der Waals surface area contributed by atoms with Crippen molar-refractivity contribution in [3.8, 4) is 29.4 Å². The minimum atomic E-state index is -5.00. The van der Waals surface area contributed by atoms with E-state index < -0.39 is 23.7 Å². The van der Waals surface area contributed by atoms with Crippen LogP contribution in [0, 0.1) is 35.3 Å². The van der Waals surface area contributed by atoms with Gasteiger partial charge in [-0.2, -0.15) is 0 Å².